The summed E-state index contributed by atoms with van der Waals surface area (Å²) in [5.74, 6) is -0.559. The van der Waals surface area contributed by atoms with Gasteiger partial charge in [0.15, 0.2) is 0 Å². The van der Waals surface area contributed by atoms with Gasteiger partial charge < -0.3 is 15.7 Å². The monoisotopic (exact) mass is 559 g/mol. The topological polar surface area (TPSA) is 156 Å². The van der Waals surface area contributed by atoms with Gasteiger partial charge in [0.1, 0.15) is 15.4 Å². The van der Waals surface area contributed by atoms with E-state index in [0.717, 1.165) is 31.2 Å². The van der Waals surface area contributed by atoms with Crippen molar-refractivity contribution in [1.29, 1.82) is 0 Å². The van der Waals surface area contributed by atoms with Gasteiger partial charge in [-0.1, -0.05) is 43.5 Å². The zero-order chi connectivity index (χ0) is 28.6. The Labute approximate surface area is 229 Å². The normalized spacial score (nSPS) is 15.5. The summed E-state index contributed by atoms with van der Waals surface area (Å²) in [6.07, 6.45) is 6.80. The zero-order valence-corrected chi connectivity index (χ0v) is 23.3. The first-order valence-electron chi connectivity index (χ1n) is 13.2. The number of nitro benzene ring substituents is 1. The molecule has 1 fully saturated rings. The maximum absolute atomic E-state index is 13.3. The Bertz CT molecular complexity index is 1290. The standard InChI is InChI=1S/C28H37N3O7S/c1-20-8-7-9-24(31(35)36)25(20)26(33)29-22-12-10-21(11-13-22)18-23(19-32)30-27(34)28(14-3-4-15-28)16-5-6-17-39(2,37)38/h7-13,23,32H,3-6,14-19H2,1-2H3,(H,29,33)(H,30,34). The highest BCUT2D eigenvalue weighted by atomic mass is 32.2. The molecule has 2 amide bonds. The SMILES string of the molecule is Cc1cccc([N+](=O)[O-])c1C(=O)Nc1ccc(CC(CO)NC(=O)C2(CCCCS(C)(=O)=O)CCCC2)cc1. The Kier molecular flexibility index (Phi) is 10.2. The lowest BCUT2D eigenvalue weighted by molar-refractivity contribution is -0.385. The summed E-state index contributed by atoms with van der Waals surface area (Å²) < 4.78 is 22.9. The molecule has 0 spiro atoms. The van der Waals surface area contributed by atoms with E-state index in [1.807, 2.05) is 0 Å². The van der Waals surface area contributed by atoms with Gasteiger partial charge in [-0.05, 0) is 62.3 Å². The molecule has 0 aromatic heterocycles. The average molecular weight is 560 g/mol. The van der Waals surface area contributed by atoms with Gasteiger partial charge in [0.25, 0.3) is 11.6 Å². The fourth-order valence-electron chi connectivity index (χ4n) is 5.27. The number of rotatable bonds is 13. The number of carbonyl (C=O) groups excluding carboxylic acids is 2. The number of hydrogen-bond donors (Lipinski definition) is 3. The number of sulfone groups is 1. The molecule has 1 saturated carbocycles. The number of aliphatic hydroxyl groups is 1. The van der Waals surface area contributed by atoms with Gasteiger partial charge in [0.05, 0.1) is 17.6 Å². The van der Waals surface area contributed by atoms with Crippen LogP contribution in [0.3, 0.4) is 0 Å². The van der Waals surface area contributed by atoms with E-state index in [1.54, 1.807) is 37.3 Å². The third-order valence-electron chi connectivity index (χ3n) is 7.39. The lowest BCUT2D eigenvalue weighted by atomic mass is 9.80. The molecule has 2 aromatic rings. The summed E-state index contributed by atoms with van der Waals surface area (Å²) in [5.41, 5.74) is 1.01. The van der Waals surface area contributed by atoms with E-state index < -0.39 is 32.1 Å². The van der Waals surface area contributed by atoms with Crippen LogP contribution < -0.4 is 10.6 Å². The number of nitrogens with zero attached hydrogens (tertiary/aromatic N) is 1. The molecule has 1 unspecified atom stereocenters. The molecule has 212 valence electrons. The summed E-state index contributed by atoms with van der Waals surface area (Å²) in [6.45, 7) is 1.39. The number of aliphatic hydroxyl groups excluding tert-OH is 1. The van der Waals surface area contributed by atoms with Crippen molar-refractivity contribution >= 4 is 33.0 Å². The molecule has 0 bridgehead atoms. The van der Waals surface area contributed by atoms with Crippen molar-refractivity contribution in [3.05, 3.63) is 69.3 Å². The van der Waals surface area contributed by atoms with Gasteiger partial charge in [0.2, 0.25) is 5.91 Å². The second-order valence-electron chi connectivity index (χ2n) is 10.5. The number of anilines is 1. The molecule has 0 radical (unpaired) electrons. The minimum Gasteiger partial charge on any atom is -0.394 e. The van der Waals surface area contributed by atoms with Crippen molar-refractivity contribution in [2.45, 2.75) is 64.3 Å². The van der Waals surface area contributed by atoms with E-state index in [4.69, 9.17) is 0 Å². The van der Waals surface area contributed by atoms with Crippen molar-refractivity contribution in [3.63, 3.8) is 0 Å². The van der Waals surface area contributed by atoms with Crippen LogP contribution in [0, 0.1) is 22.5 Å². The van der Waals surface area contributed by atoms with Crippen molar-refractivity contribution in [2.24, 2.45) is 5.41 Å². The van der Waals surface area contributed by atoms with Gasteiger partial charge in [-0.2, -0.15) is 0 Å². The number of hydrogen-bond acceptors (Lipinski definition) is 7. The van der Waals surface area contributed by atoms with Crippen LogP contribution >= 0.6 is 0 Å². The molecule has 0 aliphatic heterocycles. The molecule has 39 heavy (non-hydrogen) atoms. The second-order valence-corrected chi connectivity index (χ2v) is 12.8. The number of nitro groups is 1. The number of carbonyl (C=O) groups is 2. The van der Waals surface area contributed by atoms with E-state index in [0.29, 0.717) is 36.9 Å². The van der Waals surface area contributed by atoms with Crippen molar-refractivity contribution in [1.82, 2.24) is 5.32 Å². The molecule has 3 N–H and O–H groups in total. The molecule has 1 atom stereocenters. The highest BCUT2D eigenvalue weighted by Crippen LogP contribution is 2.42. The van der Waals surface area contributed by atoms with Crippen LogP contribution in [0.15, 0.2) is 42.5 Å². The molecule has 11 heteroatoms. The van der Waals surface area contributed by atoms with Gasteiger partial charge in [-0.25, -0.2) is 8.42 Å². The van der Waals surface area contributed by atoms with Crippen LogP contribution in [0.5, 0.6) is 0 Å². The van der Waals surface area contributed by atoms with Crippen LogP contribution in [-0.4, -0.2) is 54.9 Å². The molecule has 10 nitrogen and oxygen atoms in total. The van der Waals surface area contributed by atoms with E-state index in [1.165, 1.54) is 18.4 Å². The highest BCUT2D eigenvalue weighted by molar-refractivity contribution is 7.90. The van der Waals surface area contributed by atoms with E-state index in [-0.39, 0.29) is 29.5 Å². The lowest BCUT2D eigenvalue weighted by Crippen LogP contribution is -2.46. The number of aryl methyl sites for hydroxylation is 1. The van der Waals surface area contributed by atoms with Crippen molar-refractivity contribution in [2.75, 3.05) is 23.9 Å². The van der Waals surface area contributed by atoms with E-state index in [2.05, 4.69) is 10.6 Å². The Morgan fingerprint density at radius 3 is 2.36 bits per heavy atom. The van der Waals surface area contributed by atoms with Gasteiger partial charge >= 0.3 is 0 Å². The molecule has 3 rings (SSSR count). The van der Waals surface area contributed by atoms with Crippen LogP contribution in [0.2, 0.25) is 0 Å². The Hall–Kier alpha value is -3.31. The maximum Gasteiger partial charge on any atom is 0.282 e. The van der Waals surface area contributed by atoms with Crippen LogP contribution in [-0.2, 0) is 21.1 Å². The molecule has 0 heterocycles. The molecular formula is C28H37N3O7S. The molecule has 0 saturated heterocycles. The van der Waals surface area contributed by atoms with Crippen LogP contribution in [0.4, 0.5) is 11.4 Å². The Morgan fingerprint density at radius 1 is 1.10 bits per heavy atom. The first kappa shape index (κ1) is 30.2. The van der Waals surface area contributed by atoms with Gasteiger partial charge in [-0.3, -0.25) is 19.7 Å². The minimum absolute atomic E-state index is 0.00629. The smallest absolute Gasteiger partial charge is 0.282 e. The molecule has 2 aromatic carbocycles. The predicted molar refractivity (Wildman–Crippen MR) is 149 cm³/mol. The summed E-state index contributed by atoms with van der Waals surface area (Å²) in [7, 11) is -3.03. The molecule has 1 aliphatic carbocycles. The van der Waals surface area contributed by atoms with Gasteiger partial charge in [-0.15, -0.1) is 0 Å². The summed E-state index contributed by atoms with van der Waals surface area (Å²) in [6, 6.07) is 10.9. The average Bonchev–Trinajstić information content (AvgIpc) is 3.36. The third kappa shape index (κ3) is 8.34. The number of unbranched alkanes of at least 4 members (excludes halogenated alkanes) is 1. The van der Waals surface area contributed by atoms with Crippen LogP contribution in [0.25, 0.3) is 0 Å². The Morgan fingerprint density at radius 2 is 1.77 bits per heavy atom. The zero-order valence-electron chi connectivity index (χ0n) is 22.4. The molecular weight excluding hydrogens is 522 g/mol. The fourth-order valence-corrected chi connectivity index (χ4v) is 6.00. The van der Waals surface area contributed by atoms with Crippen LogP contribution in [0.1, 0.15) is 66.4 Å². The van der Waals surface area contributed by atoms with Crippen molar-refractivity contribution < 1.29 is 28.0 Å². The van der Waals surface area contributed by atoms with Crippen molar-refractivity contribution in [3.8, 4) is 0 Å². The lowest BCUT2D eigenvalue weighted by Gasteiger charge is -2.30. The highest BCUT2D eigenvalue weighted by Gasteiger charge is 2.41. The number of benzene rings is 2. The van der Waals surface area contributed by atoms with E-state index >= 15 is 0 Å². The maximum atomic E-state index is 13.3. The Balaban J connectivity index is 1.61. The number of amides is 2. The summed E-state index contributed by atoms with van der Waals surface area (Å²) in [4.78, 5) is 36.8. The third-order valence-corrected chi connectivity index (χ3v) is 8.42. The number of nitrogens with one attached hydrogen (secondary N) is 2. The molecule has 1 aliphatic rings. The fraction of sp³-hybridized carbons (Fsp3) is 0.500. The van der Waals surface area contributed by atoms with Gasteiger partial charge in [0, 0.05) is 29.2 Å². The first-order chi connectivity index (χ1) is 18.4. The largest absolute Gasteiger partial charge is 0.394 e. The van der Waals surface area contributed by atoms with E-state index in [9.17, 15) is 33.2 Å². The predicted octanol–water partition coefficient (Wildman–Crippen LogP) is 3.95. The summed E-state index contributed by atoms with van der Waals surface area (Å²) in [5, 5.41) is 27.0. The summed E-state index contributed by atoms with van der Waals surface area (Å²) >= 11 is 0. The quantitative estimate of drug-likeness (QED) is 0.191. The first-order valence-corrected chi connectivity index (χ1v) is 15.2. The second kappa shape index (κ2) is 13.2. The minimum atomic E-state index is -3.03.